The first-order valence-electron chi connectivity index (χ1n) is 6.41. The lowest BCUT2D eigenvalue weighted by Gasteiger charge is -2.03. The molecular weight excluding hydrogens is 313 g/mol. The summed E-state index contributed by atoms with van der Waals surface area (Å²) in [6.45, 7) is 0. The quantitative estimate of drug-likeness (QED) is 0.589. The number of benzene rings is 1. The van der Waals surface area contributed by atoms with Crippen LogP contribution in [0.3, 0.4) is 0 Å². The molecule has 4 rings (SSSR count). The van der Waals surface area contributed by atoms with Gasteiger partial charge in [-0.05, 0) is 12.1 Å². The number of alkyl halides is 3. The molecule has 0 atom stereocenters. The summed E-state index contributed by atoms with van der Waals surface area (Å²) in [4.78, 5) is 8.18. The Bertz CT molecular complexity index is 1010. The number of fused-ring (bicyclic) bond motifs is 2. The van der Waals surface area contributed by atoms with Crippen molar-refractivity contribution in [3.63, 3.8) is 0 Å². The minimum Gasteiger partial charge on any atom is -0.356 e. The molecule has 0 spiro atoms. The minimum absolute atomic E-state index is 0.0215. The standard InChI is InChI=1S/C13H7F3N6O/c14-13(15,16)10-7-2-1-6(5-8(7)23-22-10)19-12-9-11(20-21-12)18-4-3-17-9/h1-5H,(H2,18,19,20,21). The molecule has 1 aromatic carbocycles. The summed E-state index contributed by atoms with van der Waals surface area (Å²) in [5.41, 5.74) is 0.473. The zero-order valence-corrected chi connectivity index (χ0v) is 11.2. The van der Waals surface area contributed by atoms with Crippen LogP contribution in [0.2, 0.25) is 0 Å². The molecule has 10 heteroatoms. The van der Waals surface area contributed by atoms with Crippen LogP contribution in [0.15, 0.2) is 35.1 Å². The number of aromatic nitrogens is 5. The Morgan fingerprint density at radius 2 is 1.96 bits per heavy atom. The Morgan fingerprint density at radius 1 is 1.13 bits per heavy atom. The summed E-state index contributed by atoms with van der Waals surface area (Å²) >= 11 is 0. The van der Waals surface area contributed by atoms with Gasteiger partial charge in [-0.15, -0.1) is 0 Å². The Labute approximate surface area is 125 Å². The van der Waals surface area contributed by atoms with Gasteiger partial charge >= 0.3 is 6.18 Å². The summed E-state index contributed by atoms with van der Waals surface area (Å²) in [6, 6.07) is 4.18. The highest BCUT2D eigenvalue weighted by atomic mass is 19.4. The van der Waals surface area contributed by atoms with Crippen LogP contribution < -0.4 is 5.32 Å². The molecule has 0 saturated carbocycles. The number of rotatable bonds is 2. The van der Waals surface area contributed by atoms with Crippen molar-refractivity contribution < 1.29 is 17.7 Å². The van der Waals surface area contributed by atoms with Crippen LogP contribution in [0.5, 0.6) is 0 Å². The lowest BCUT2D eigenvalue weighted by molar-refractivity contribution is -0.141. The van der Waals surface area contributed by atoms with E-state index < -0.39 is 11.9 Å². The first kappa shape index (κ1) is 13.5. The number of hydrogen-bond acceptors (Lipinski definition) is 6. The molecule has 3 aromatic heterocycles. The first-order chi connectivity index (χ1) is 11.0. The van der Waals surface area contributed by atoms with E-state index in [-0.39, 0.29) is 11.0 Å². The topological polar surface area (TPSA) is 92.5 Å². The van der Waals surface area contributed by atoms with Gasteiger partial charge in [-0.3, -0.25) is 5.10 Å². The largest absolute Gasteiger partial charge is 0.437 e. The minimum atomic E-state index is -4.56. The second-order valence-electron chi connectivity index (χ2n) is 4.69. The lowest BCUT2D eigenvalue weighted by atomic mass is 10.2. The summed E-state index contributed by atoms with van der Waals surface area (Å²) in [5, 5.41) is 12.7. The Hall–Kier alpha value is -3.17. The molecule has 116 valence electrons. The van der Waals surface area contributed by atoms with Crippen LogP contribution in [0.1, 0.15) is 5.69 Å². The van der Waals surface area contributed by atoms with Crippen molar-refractivity contribution >= 4 is 33.6 Å². The molecule has 0 bridgehead atoms. The zero-order valence-electron chi connectivity index (χ0n) is 11.2. The maximum absolute atomic E-state index is 12.8. The normalized spacial score (nSPS) is 12.1. The van der Waals surface area contributed by atoms with E-state index in [2.05, 4.69) is 30.6 Å². The van der Waals surface area contributed by atoms with E-state index >= 15 is 0 Å². The van der Waals surface area contributed by atoms with Crippen LogP contribution in [0, 0.1) is 0 Å². The van der Waals surface area contributed by atoms with Crippen molar-refractivity contribution in [3.05, 3.63) is 36.3 Å². The zero-order chi connectivity index (χ0) is 16.0. The summed E-state index contributed by atoms with van der Waals surface area (Å²) in [5.74, 6) is 0.406. The van der Waals surface area contributed by atoms with E-state index in [0.29, 0.717) is 22.7 Å². The van der Waals surface area contributed by atoms with Gasteiger partial charge in [0.2, 0.25) is 0 Å². The van der Waals surface area contributed by atoms with Gasteiger partial charge in [0.25, 0.3) is 0 Å². The predicted octanol–water partition coefficient (Wildman–Crippen LogP) is 3.26. The highest BCUT2D eigenvalue weighted by Crippen LogP contribution is 2.35. The van der Waals surface area contributed by atoms with Crippen LogP contribution in [0.4, 0.5) is 24.7 Å². The van der Waals surface area contributed by atoms with Crippen molar-refractivity contribution in [2.75, 3.05) is 5.32 Å². The number of hydrogen-bond donors (Lipinski definition) is 2. The Balaban J connectivity index is 1.73. The van der Waals surface area contributed by atoms with Gasteiger partial charge in [-0.25, -0.2) is 9.97 Å². The van der Waals surface area contributed by atoms with E-state index in [4.69, 9.17) is 4.52 Å². The van der Waals surface area contributed by atoms with E-state index in [1.165, 1.54) is 30.6 Å². The second-order valence-corrected chi connectivity index (χ2v) is 4.69. The highest BCUT2D eigenvalue weighted by molar-refractivity contribution is 5.88. The molecule has 0 amide bonds. The molecule has 7 nitrogen and oxygen atoms in total. The fourth-order valence-electron chi connectivity index (χ4n) is 2.20. The number of nitrogens with one attached hydrogen (secondary N) is 2. The monoisotopic (exact) mass is 320 g/mol. The molecule has 0 unspecified atom stereocenters. The van der Waals surface area contributed by atoms with Gasteiger partial charge < -0.3 is 9.84 Å². The molecule has 0 fully saturated rings. The van der Waals surface area contributed by atoms with Crippen molar-refractivity contribution in [3.8, 4) is 0 Å². The number of anilines is 2. The molecular formula is C13H7F3N6O. The van der Waals surface area contributed by atoms with Crippen molar-refractivity contribution in [1.29, 1.82) is 0 Å². The summed E-state index contributed by atoms with van der Waals surface area (Å²) in [7, 11) is 0. The van der Waals surface area contributed by atoms with Crippen LogP contribution >= 0.6 is 0 Å². The number of halogens is 3. The number of aromatic amines is 1. The average molecular weight is 320 g/mol. The van der Waals surface area contributed by atoms with E-state index in [0.717, 1.165) is 0 Å². The SMILES string of the molecule is FC(F)(F)c1noc2cc(Nc3n[nH]c4nccnc34)ccc12. The maximum atomic E-state index is 12.8. The average Bonchev–Trinajstić information content (AvgIpc) is 3.11. The molecule has 23 heavy (non-hydrogen) atoms. The predicted molar refractivity (Wildman–Crippen MR) is 74.0 cm³/mol. The fraction of sp³-hybridized carbons (Fsp3) is 0.0769. The van der Waals surface area contributed by atoms with Gasteiger partial charge in [0.15, 0.2) is 28.3 Å². The van der Waals surface area contributed by atoms with Crippen molar-refractivity contribution in [1.82, 2.24) is 25.3 Å². The maximum Gasteiger partial charge on any atom is 0.437 e. The lowest BCUT2D eigenvalue weighted by Crippen LogP contribution is -2.05. The molecule has 3 heterocycles. The fourth-order valence-corrected chi connectivity index (χ4v) is 2.20. The molecule has 0 aliphatic carbocycles. The van der Waals surface area contributed by atoms with E-state index in [1.807, 2.05) is 0 Å². The third-order valence-corrected chi connectivity index (χ3v) is 3.20. The van der Waals surface area contributed by atoms with Gasteiger partial charge in [-0.2, -0.15) is 18.3 Å². The highest BCUT2D eigenvalue weighted by Gasteiger charge is 2.37. The number of H-pyrrole nitrogens is 1. The van der Waals surface area contributed by atoms with E-state index in [9.17, 15) is 13.2 Å². The van der Waals surface area contributed by atoms with E-state index in [1.54, 1.807) is 0 Å². The molecule has 0 aliphatic heterocycles. The molecule has 0 radical (unpaired) electrons. The van der Waals surface area contributed by atoms with Gasteiger partial charge in [0, 0.05) is 24.1 Å². The van der Waals surface area contributed by atoms with Crippen LogP contribution in [0.25, 0.3) is 22.1 Å². The smallest absolute Gasteiger partial charge is 0.356 e. The van der Waals surface area contributed by atoms with Gasteiger partial charge in [0.05, 0.1) is 5.39 Å². The van der Waals surface area contributed by atoms with Crippen LogP contribution in [-0.4, -0.2) is 25.3 Å². The first-order valence-corrected chi connectivity index (χ1v) is 6.41. The second kappa shape index (κ2) is 4.66. The van der Waals surface area contributed by atoms with Crippen molar-refractivity contribution in [2.45, 2.75) is 6.18 Å². The number of nitrogens with zero attached hydrogens (tertiary/aromatic N) is 4. The Morgan fingerprint density at radius 3 is 2.78 bits per heavy atom. The third-order valence-electron chi connectivity index (χ3n) is 3.20. The molecule has 4 aromatic rings. The Kier molecular flexibility index (Phi) is 2.73. The molecule has 0 aliphatic rings. The van der Waals surface area contributed by atoms with Crippen molar-refractivity contribution in [2.24, 2.45) is 0 Å². The third kappa shape index (κ3) is 2.24. The van der Waals surface area contributed by atoms with Gasteiger partial charge in [0.1, 0.15) is 0 Å². The molecule has 0 saturated heterocycles. The van der Waals surface area contributed by atoms with Crippen LogP contribution in [-0.2, 0) is 6.18 Å². The summed E-state index contributed by atoms with van der Waals surface area (Å²) in [6.07, 6.45) is -1.53. The molecule has 2 N–H and O–H groups in total. The van der Waals surface area contributed by atoms with Gasteiger partial charge in [-0.1, -0.05) is 5.16 Å². The summed E-state index contributed by atoms with van der Waals surface area (Å²) < 4.78 is 43.0.